The average Bonchev–Trinajstić information content (AvgIpc) is 3.06. The Balaban J connectivity index is 1.63. The predicted molar refractivity (Wildman–Crippen MR) is 83.2 cm³/mol. The molecule has 5 nitrogen and oxygen atoms in total. The summed E-state index contributed by atoms with van der Waals surface area (Å²) in [5, 5.41) is 4.70. The number of ether oxygens (including phenoxy) is 2. The lowest BCUT2D eigenvalue weighted by Gasteiger charge is -2.23. The van der Waals surface area contributed by atoms with Gasteiger partial charge in [0.1, 0.15) is 16.5 Å². The molecule has 0 spiro atoms. The van der Waals surface area contributed by atoms with Gasteiger partial charge >= 0.3 is 0 Å². The van der Waals surface area contributed by atoms with Gasteiger partial charge in [0.05, 0.1) is 31.3 Å². The van der Waals surface area contributed by atoms with Crippen LogP contribution >= 0.6 is 11.3 Å². The van der Waals surface area contributed by atoms with Gasteiger partial charge in [0, 0.05) is 11.4 Å². The predicted octanol–water partition coefficient (Wildman–Crippen LogP) is 2.32. The summed E-state index contributed by atoms with van der Waals surface area (Å²) in [6.45, 7) is 4.72. The van der Waals surface area contributed by atoms with Crippen LogP contribution < -0.4 is 5.32 Å². The van der Waals surface area contributed by atoms with E-state index in [9.17, 15) is 0 Å². The van der Waals surface area contributed by atoms with E-state index in [4.69, 9.17) is 9.47 Å². The molecule has 21 heavy (non-hydrogen) atoms. The number of hydrogen-bond acceptors (Lipinski definition) is 6. The van der Waals surface area contributed by atoms with E-state index < -0.39 is 0 Å². The third-order valence-electron chi connectivity index (χ3n) is 4.06. The minimum atomic E-state index is 0.107. The van der Waals surface area contributed by atoms with Crippen LogP contribution in [-0.2, 0) is 22.3 Å². The molecule has 2 aliphatic rings. The molecule has 1 atom stereocenters. The molecule has 2 aromatic rings. The van der Waals surface area contributed by atoms with Crippen LogP contribution in [0.5, 0.6) is 0 Å². The molecule has 1 fully saturated rings. The standard InChI is InChI=1S/C15H19N3O2S/c1-9-17-14(16-7-10-8-19-5-6-20-10)13-11-3-2-4-12(11)21-15(13)18-9/h10H,2-8H2,1H3,(H,16,17,18)/t10-/m1/s1. The van der Waals surface area contributed by atoms with Gasteiger partial charge in [-0.1, -0.05) is 0 Å². The second kappa shape index (κ2) is 5.51. The van der Waals surface area contributed by atoms with E-state index in [1.54, 1.807) is 0 Å². The fourth-order valence-corrected chi connectivity index (χ4v) is 4.40. The van der Waals surface area contributed by atoms with Gasteiger partial charge in [-0.25, -0.2) is 9.97 Å². The largest absolute Gasteiger partial charge is 0.376 e. The molecule has 0 unspecified atom stereocenters. The lowest BCUT2D eigenvalue weighted by molar-refractivity contribution is -0.0819. The second-order valence-corrected chi connectivity index (χ2v) is 6.69. The van der Waals surface area contributed by atoms with Crippen molar-refractivity contribution in [2.24, 2.45) is 0 Å². The molecule has 0 saturated carbocycles. The van der Waals surface area contributed by atoms with Gasteiger partial charge in [-0.2, -0.15) is 0 Å². The molecular weight excluding hydrogens is 286 g/mol. The Morgan fingerprint density at radius 2 is 2.24 bits per heavy atom. The van der Waals surface area contributed by atoms with Crippen LogP contribution in [0.3, 0.4) is 0 Å². The summed E-state index contributed by atoms with van der Waals surface area (Å²) in [6.07, 6.45) is 3.70. The van der Waals surface area contributed by atoms with Gasteiger partial charge < -0.3 is 14.8 Å². The minimum absolute atomic E-state index is 0.107. The highest BCUT2D eigenvalue weighted by Gasteiger charge is 2.22. The first kappa shape index (κ1) is 13.4. The van der Waals surface area contributed by atoms with Crippen molar-refractivity contribution in [3.8, 4) is 0 Å². The van der Waals surface area contributed by atoms with Crippen molar-refractivity contribution in [3.05, 3.63) is 16.3 Å². The van der Waals surface area contributed by atoms with Crippen molar-refractivity contribution in [3.63, 3.8) is 0 Å². The summed E-state index contributed by atoms with van der Waals surface area (Å²) in [6, 6.07) is 0. The summed E-state index contributed by atoms with van der Waals surface area (Å²) in [4.78, 5) is 11.8. The van der Waals surface area contributed by atoms with Crippen LogP contribution in [0.1, 0.15) is 22.7 Å². The zero-order valence-corrected chi connectivity index (χ0v) is 13.0. The molecule has 1 saturated heterocycles. The van der Waals surface area contributed by atoms with Gasteiger partial charge in [-0.3, -0.25) is 0 Å². The molecule has 0 radical (unpaired) electrons. The molecule has 0 amide bonds. The molecular formula is C15H19N3O2S. The van der Waals surface area contributed by atoms with Crippen LogP contribution in [0.4, 0.5) is 5.82 Å². The Kier molecular flexibility index (Phi) is 3.52. The summed E-state index contributed by atoms with van der Waals surface area (Å²) in [5.41, 5.74) is 1.46. The SMILES string of the molecule is Cc1nc(NC[C@@H]2COCCO2)c2c3c(sc2n1)CCC3. The summed E-state index contributed by atoms with van der Waals surface area (Å²) in [7, 11) is 0. The molecule has 1 aliphatic carbocycles. The van der Waals surface area contributed by atoms with E-state index in [0.717, 1.165) is 29.4 Å². The number of nitrogens with zero attached hydrogens (tertiary/aromatic N) is 2. The Labute approximate surface area is 127 Å². The molecule has 0 bridgehead atoms. The maximum atomic E-state index is 5.69. The lowest BCUT2D eigenvalue weighted by atomic mass is 10.2. The molecule has 4 rings (SSSR count). The molecule has 1 aliphatic heterocycles. The third kappa shape index (κ3) is 2.52. The van der Waals surface area contributed by atoms with E-state index in [1.165, 1.54) is 28.7 Å². The van der Waals surface area contributed by atoms with Gasteiger partial charge in [0.2, 0.25) is 0 Å². The molecule has 6 heteroatoms. The molecule has 3 heterocycles. The maximum absolute atomic E-state index is 5.69. The Morgan fingerprint density at radius 3 is 3.10 bits per heavy atom. The number of anilines is 1. The van der Waals surface area contributed by atoms with Crippen LogP contribution in [0, 0.1) is 6.92 Å². The van der Waals surface area contributed by atoms with Crippen LogP contribution in [0.15, 0.2) is 0 Å². The van der Waals surface area contributed by atoms with Crippen molar-refractivity contribution in [2.75, 3.05) is 31.7 Å². The Bertz CT molecular complexity index is 664. The first-order valence-electron chi connectivity index (χ1n) is 7.53. The van der Waals surface area contributed by atoms with Crippen molar-refractivity contribution < 1.29 is 9.47 Å². The van der Waals surface area contributed by atoms with Crippen molar-refractivity contribution in [1.29, 1.82) is 0 Å². The smallest absolute Gasteiger partial charge is 0.138 e. The van der Waals surface area contributed by atoms with Crippen LogP contribution in [-0.4, -0.2) is 42.4 Å². The molecule has 1 N–H and O–H groups in total. The molecule has 112 valence electrons. The van der Waals surface area contributed by atoms with E-state index in [0.29, 0.717) is 19.8 Å². The van der Waals surface area contributed by atoms with Crippen molar-refractivity contribution in [2.45, 2.75) is 32.3 Å². The van der Waals surface area contributed by atoms with Crippen LogP contribution in [0.25, 0.3) is 10.2 Å². The van der Waals surface area contributed by atoms with Gasteiger partial charge in [-0.05, 0) is 31.7 Å². The number of aromatic nitrogens is 2. The summed E-state index contributed by atoms with van der Waals surface area (Å²) < 4.78 is 11.1. The topological polar surface area (TPSA) is 56.3 Å². The third-order valence-corrected chi connectivity index (χ3v) is 5.24. The highest BCUT2D eigenvalue weighted by molar-refractivity contribution is 7.19. The van der Waals surface area contributed by atoms with E-state index in [1.807, 2.05) is 18.3 Å². The number of thiophene rings is 1. The first-order chi connectivity index (χ1) is 10.3. The van der Waals surface area contributed by atoms with Gasteiger partial charge in [0.25, 0.3) is 0 Å². The summed E-state index contributed by atoms with van der Waals surface area (Å²) >= 11 is 1.83. The van der Waals surface area contributed by atoms with E-state index in [2.05, 4.69) is 15.3 Å². The minimum Gasteiger partial charge on any atom is -0.376 e. The Morgan fingerprint density at radius 1 is 1.29 bits per heavy atom. The Hall–Kier alpha value is -1.24. The lowest BCUT2D eigenvalue weighted by Crippen LogP contribution is -2.34. The van der Waals surface area contributed by atoms with Crippen LogP contribution in [0.2, 0.25) is 0 Å². The molecule has 2 aromatic heterocycles. The van der Waals surface area contributed by atoms with Crippen molar-refractivity contribution in [1.82, 2.24) is 9.97 Å². The first-order valence-corrected chi connectivity index (χ1v) is 8.35. The number of fused-ring (bicyclic) bond motifs is 3. The zero-order chi connectivity index (χ0) is 14.2. The average molecular weight is 305 g/mol. The molecule has 0 aromatic carbocycles. The van der Waals surface area contributed by atoms with Crippen molar-refractivity contribution >= 4 is 27.4 Å². The second-order valence-electron chi connectivity index (χ2n) is 5.61. The fraction of sp³-hybridized carbons (Fsp3) is 0.600. The van der Waals surface area contributed by atoms with Gasteiger partial charge in [-0.15, -0.1) is 11.3 Å². The summed E-state index contributed by atoms with van der Waals surface area (Å²) in [5.74, 6) is 1.79. The highest BCUT2D eigenvalue weighted by atomic mass is 32.1. The van der Waals surface area contributed by atoms with Gasteiger partial charge in [0.15, 0.2) is 0 Å². The fourth-order valence-electron chi connectivity index (χ4n) is 3.10. The van der Waals surface area contributed by atoms with E-state index >= 15 is 0 Å². The quantitative estimate of drug-likeness (QED) is 0.943. The zero-order valence-electron chi connectivity index (χ0n) is 12.1. The maximum Gasteiger partial charge on any atom is 0.138 e. The number of hydrogen-bond donors (Lipinski definition) is 1. The number of rotatable bonds is 3. The van der Waals surface area contributed by atoms with E-state index in [-0.39, 0.29) is 6.10 Å². The monoisotopic (exact) mass is 305 g/mol. The highest BCUT2D eigenvalue weighted by Crippen LogP contribution is 2.39. The number of aryl methyl sites for hydroxylation is 3. The number of nitrogens with one attached hydrogen (secondary N) is 1. The normalized spacial score (nSPS) is 21.7.